The van der Waals surface area contributed by atoms with Crippen molar-refractivity contribution in [3.8, 4) is 11.5 Å². The van der Waals surface area contributed by atoms with Crippen molar-refractivity contribution in [2.24, 2.45) is 0 Å². The second kappa shape index (κ2) is 4.97. The number of aromatic amines is 1. The van der Waals surface area contributed by atoms with Crippen molar-refractivity contribution in [1.29, 1.82) is 0 Å². The zero-order valence-corrected chi connectivity index (χ0v) is 10.8. The van der Waals surface area contributed by atoms with Crippen molar-refractivity contribution < 1.29 is 4.74 Å². The SMILES string of the molecule is CCCn1cncc1-c1nc2c(c(=O)[nH]1)COCC2. The number of aromatic nitrogens is 4. The van der Waals surface area contributed by atoms with Crippen LogP contribution in [0.25, 0.3) is 11.5 Å². The first-order chi connectivity index (χ1) is 9.29. The van der Waals surface area contributed by atoms with Crippen LogP contribution in [0.2, 0.25) is 0 Å². The topological polar surface area (TPSA) is 72.8 Å². The number of rotatable bonds is 3. The Balaban J connectivity index is 2.08. The molecule has 0 aromatic carbocycles. The van der Waals surface area contributed by atoms with E-state index >= 15 is 0 Å². The zero-order chi connectivity index (χ0) is 13.2. The molecule has 100 valence electrons. The van der Waals surface area contributed by atoms with Crippen molar-refractivity contribution in [2.45, 2.75) is 32.9 Å². The minimum Gasteiger partial charge on any atom is -0.376 e. The average molecular weight is 260 g/mol. The van der Waals surface area contributed by atoms with Gasteiger partial charge in [-0.3, -0.25) is 4.79 Å². The maximum Gasteiger partial charge on any atom is 0.256 e. The molecule has 2 aromatic heterocycles. The average Bonchev–Trinajstić information content (AvgIpc) is 2.87. The minimum atomic E-state index is -0.107. The molecule has 19 heavy (non-hydrogen) atoms. The van der Waals surface area contributed by atoms with E-state index in [1.165, 1.54) is 0 Å². The van der Waals surface area contributed by atoms with E-state index in [-0.39, 0.29) is 5.56 Å². The van der Waals surface area contributed by atoms with Crippen LogP contribution >= 0.6 is 0 Å². The fourth-order valence-corrected chi connectivity index (χ4v) is 2.30. The normalized spacial score (nSPS) is 14.4. The molecule has 0 bridgehead atoms. The standard InChI is InChI=1S/C13H16N4O2/c1-2-4-17-8-14-6-11(17)12-15-10-3-5-19-7-9(10)13(18)16-12/h6,8H,2-5,7H2,1H3,(H,15,16,18). The van der Waals surface area contributed by atoms with Gasteiger partial charge < -0.3 is 14.3 Å². The fraction of sp³-hybridized carbons (Fsp3) is 0.462. The Labute approximate surface area is 110 Å². The van der Waals surface area contributed by atoms with Crippen LogP contribution in [0, 0.1) is 0 Å². The molecule has 0 aliphatic carbocycles. The summed E-state index contributed by atoms with van der Waals surface area (Å²) in [4.78, 5) is 23.6. The number of nitrogens with zero attached hydrogens (tertiary/aromatic N) is 3. The van der Waals surface area contributed by atoms with E-state index in [2.05, 4.69) is 21.9 Å². The summed E-state index contributed by atoms with van der Waals surface area (Å²) in [5, 5.41) is 0. The number of hydrogen-bond acceptors (Lipinski definition) is 4. The smallest absolute Gasteiger partial charge is 0.256 e. The van der Waals surface area contributed by atoms with Gasteiger partial charge in [-0.1, -0.05) is 6.92 Å². The summed E-state index contributed by atoms with van der Waals surface area (Å²) in [6, 6.07) is 0. The van der Waals surface area contributed by atoms with Gasteiger partial charge in [0.25, 0.3) is 5.56 Å². The predicted molar refractivity (Wildman–Crippen MR) is 69.7 cm³/mol. The van der Waals surface area contributed by atoms with Crippen molar-refractivity contribution in [2.75, 3.05) is 6.61 Å². The molecule has 0 radical (unpaired) electrons. The van der Waals surface area contributed by atoms with Gasteiger partial charge in [0.05, 0.1) is 37.0 Å². The number of aryl methyl sites for hydroxylation is 1. The van der Waals surface area contributed by atoms with Gasteiger partial charge in [0.2, 0.25) is 0 Å². The van der Waals surface area contributed by atoms with Crippen LogP contribution in [-0.4, -0.2) is 26.1 Å². The first-order valence-electron chi connectivity index (χ1n) is 6.50. The maximum atomic E-state index is 12.0. The van der Waals surface area contributed by atoms with E-state index < -0.39 is 0 Å². The Hall–Kier alpha value is -1.95. The third kappa shape index (κ3) is 2.19. The molecule has 3 heterocycles. The molecule has 0 amide bonds. The summed E-state index contributed by atoms with van der Waals surface area (Å²) in [6.07, 6.45) is 5.20. The summed E-state index contributed by atoms with van der Waals surface area (Å²) < 4.78 is 7.30. The molecule has 1 aliphatic heterocycles. The minimum absolute atomic E-state index is 0.107. The van der Waals surface area contributed by atoms with Crippen LogP contribution in [0.15, 0.2) is 17.3 Å². The lowest BCUT2D eigenvalue weighted by atomic mass is 10.1. The lowest BCUT2D eigenvalue weighted by Gasteiger charge is -2.15. The number of H-pyrrole nitrogens is 1. The van der Waals surface area contributed by atoms with E-state index in [9.17, 15) is 4.79 Å². The molecule has 2 aromatic rings. The first-order valence-corrected chi connectivity index (χ1v) is 6.50. The molecule has 0 saturated carbocycles. The largest absolute Gasteiger partial charge is 0.376 e. The van der Waals surface area contributed by atoms with Gasteiger partial charge in [0.15, 0.2) is 5.82 Å². The molecule has 1 N–H and O–H groups in total. The quantitative estimate of drug-likeness (QED) is 0.897. The lowest BCUT2D eigenvalue weighted by Crippen LogP contribution is -2.24. The summed E-state index contributed by atoms with van der Waals surface area (Å²) in [6.45, 7) is 3.94. The Morgan fingerprint density at radius 3 is 3.26 bits per heavy atom. The Morgan fingerprint density at radius 1 is 1.53 bits per heavy atom. The van der Waals surface area contributed by atoms with Crippen LogP contribution in [0.5, 0.6) is 0 Å². The number of ether oxygens (including phenoxy) is 1. The molecule has 6 nitrogen and oxygen atoms in total. The molecular formula is C13H16N4O2. The first kappa shape index (κ1) is 12.1. The maximum absolute atomic E-state index is 12.0. The molecule has 0 fully saturated rings. The van der Waals surface area contributed by atoms with Crippen molar-refractivity contribution in [3.05, 3.63) is 34.1 Å². The zero-order valence-electron chi connectivity index (χ0n) is 10.8. The van der Waals surface area contributed by atoms with Gasteiger partial charge in [-0.2, -0.15) is 0 Å². The molecule has 6 heteroatoms. The van der Waals surface area contributed by atoms with Gasteiger partial charge in [-0.05, 0) is 6.42 Å². The van der Waals surface area contributed by atoms with E-state index in [0.29, 0.717) is 31.0 Å². The highest BCUT2D eigenvalue weighted by Gasteiger charge is 2.17. The predicted octanol–water partition coefficient (Wildman–Crippen LogP) is 1.12. The molecule has 0 unspecified atom stereocenters. The van der Waals surface area contributed by atoms with Crippen molar-refractivity contribution in [1.82, 2.24) is 19.5 Å². The van der Waals surface area contributed by atoms with Crippen molar-refractivity contribution in [3.63, 3.8) is 0 Å². The van der Waals surface area contributed by atoms with Gasteiger partial charge >= 0.3 is 0 Å². The highest BCUT2D eigenvalue weighted by Crippen LogP contribution is 2.17. The molecule has 3 rings (SSSR count). The van der Waals surface area contributed by atoms with E-state index in [1.54, 1.807) is 12.5 Å². The Morgan fingerprint density at radius 2 is 2.42 bits per heavy atom. The highest BCUT2D eigenvalue weighted by atomic mass is 16.5. The van der Waals surface area contributed by atoms with E-state index in [1.807, 2.05) is 4.57 Å². The van der Waals surface area contributed by atoms with Crippen LogP contribution < -0.4 is 5.56 Å². The van der Waals surface area contributed by atoms with Gasteiger partial charge in [-0.15, -0.1) is 0 Å². The number of hydrogen-bond donors (Lipinski definition) is 1. The van der Waals surface area contributed by atoms with Gasteiger partial charge in [-0.25, -0.2) is 9.97 Å². The summed E-state index contributed by atoms with van der Waals surface area (Å²) in [7, 11) is 0. The summed E-state index contributed by atoms with van der Waals surface area (Å²) in [5.41, 5.74) is 2.24. The molecule has 1 aliphatic rings. The Bertz CT molecular complexity index is 644. The number of fused-ring (bicyclic) bond motifs is 1. The molecule has 0 spiro atoms. The van der Waals surface area contributed by atoms with E-state index in [4.69, 9.17) is 4.74 Å². The molecular weight excluding hydrogens is 244 g/mol. The second-order valence-electron chi connectivity index (χ2n) is 4.61. The third-order valence-corrected chi connectivity index (χ3v) is 3.25. The lowest BCUT2D eigenvalue weighted by molar-refractivity contribution is 0.108. The highest BCUT2D eigenvalue weighted by molar-refractivity contribution is 5.49. The van der Waals surface area contributed by atoms with Gasteiger partial charge in [0, 0.05) is 13.0 Å². The third-order valence-electron chi connectivity index (χ3n) is 3.25. The Kier molecular flexibility index (Phi) is 3.16. The van der Waals surface area contributed by atoms with Crippen LogP contribution in [0.1, 0.15) is 24.6 Å². The number of imidazole rings is 1. The van der Waals surface area contributed by atoms with Gasteiger partial charge in [0.1, 0.15) is 5.69 Å². The summed E-state index contributed by atoms with van der Waals surface area (Å²) in [5.74, 6) is 0.594. The second-order valence-corrected chi connectivity index (χ2v) is 4.61. The van der Waals surface area contributed by atoms with Crippen LogP contribution in [0.3, 0.4) is 0 Å². The molecule has 0 atom stereocenters. The van der Waals surface area contributed by atoms with Crippen LogP contribution in [-0.2, 0) is 24.3 Å². The van der Waals surface area contributed by atoms with Crippen LogP contribution in [0.4, 0.5) is 0 Å². The summed E-state index contributed by atoms with van der Waals surface area (Å²) >= 11 is 0. The van der Waals surface area contributed by atoms with E-state index in [0.717, 1.165) is 24.4 Å². The fourth-order valence-electron chi connectivity index (χ4n) is 2.30. The number of nitrogens with one attached hydrogen (secondary N) is 1. The molecule has 0 saturated heterocycles. The monoisotopic (exact) mass is 260 g/mol. The van der Waals surface area contributed by atoms with Crippen molar-refractivity contribution >= 4 is 0 Å².